The maximum atomic E-state index is 13.2. The Bertz CT molecular complexity index is 984. The largest absolute Gasteiger partial charge is 0.508 e. The number of aliphatic hydroxyl groups excluding tert-OH is 1. The molecule has 0 aliphatic carbocycles. The number of thioether (sulfide) groups is 1. The molecule has 1 heterocycles. The number of hydrogen-bond acceptors (Lipinski definition) is 5. The molecule has 3 N–H and O–H groups in total. The molecular weight excluding hydrogens is 401 g/mol. The number of aromatic hydroxyl groups is 2. The monoisotopic (exact) mass is 425 g/mol. The number of hydrogen-bond donors (Lipinski definition) is 3. The van der Waals surface area contributed by atoms with Gasteiger partial charge in [0.05, 0.1) is 18.0 Å². The standard InChI is InChI=1S/C24H24FNO3S/c25-17-8-6-16(7-9-17)21(28)12-13-23-24(20-11-10-19(27)14-22(20)29)26(15-30-23)18-4-2-1-3-5-18/h1-11,14,21,23-24,27-29H,12-13,15H2/t21?,23-,24+/m0/s1. The second-order valence-corrected chi connectivity index (χ2v) is 8.67. The van der Waals surface area contributed by atoms with E-state index in [4.69, 9.17) is 0 Å². The lowest BCUT2D eigenvalue weighted by atomic mass is 9.95. The number of anilines is 1. The Balaban J connectivity index is 1.57. The zero-order valence-electron chi connectivity index (χ0n) is 16.4. The van der Waals surface area contributed by atoms with Gasteiger partial charge < -0.3 is 20.2 Å². The van der Waals surface area contributed by atoms with Crippen molar-refractivity contribution in [2.75, 3.05) is 10.8 Å². The van der Waals surface area contributed by atoms with Crippen molar-refractivity contribution in [2.45, 2.75) is 30.2 Å². The number of benzene rings is 3. The van der Waals surface area contributed by atoms with Gasteiger partial charge in [0.2, 0.25) is 0 Å². The minimum absolute atomic E-state index is 0.0245. The number of nitrogens with zero attached hydrogens (tertiary/aromatic N) is 1. The van der Waals surface area contributed by atoms with E-state index >= 15 is 0 Å². The highest BCUT2D eigenvalue weighted by Crippen LogP contribution is 2.47. The van der Waals surface area contributed by atoms with Crippen molar-refractivity contribution in [3.8, 4) is 11.5 Å². The normalized spacial score (nSPS) is 19.7. The van der Waals surface area contributed by atoms with Crippen molar-refractivity contribution >= 4 is 17.4 Å². The highest BCUT2D eigenvalue weighted by atomic mass is 32.2. The van der Waals surface area contributed by atoms with Gasteiger partial charge in [-0.25, -0.2) is 4.39 Å². The molecule has 3 aromatic rings. The molecule has 0 aromatic heterocycles. The van der Waals surface area contributed by atoms with Crippen LogP contribution >= 0.6 is 11.8 Å². The van der Waals surface area contributed by atoms with Crippen molar-refractivity contribution in [3.63, 3.8) is 0 Å². The van der Waals surface area contributed by atoms with Crippen molar-refractivity contribution < 1.29 is 19.7 Å². The summed E-state index contributed by atoms with van der Waals surface area (Å²) in [4.78, 5) is 2.24. The highest BCUT2D eigenvalue weighted by Gasteiger charge is 2.37. The van der Waals surface area contributed by atoms with Crippen LogP contribution in [0.25, 0.3) is 0 Å². The second-order valence-electron chi connectivity index (χ2n) is 7.47. The Labute approximate surface area is 179 Å². The maximum absolute atomic E-state index is 13.2. The molecule has 1 aliphatic heterocycles. The molecule has 0 spiro atoms. The van der Waals surface area contributed by atoms with E-state index in [0.717, 1.165) is 23.5 Å². The SMILES string of the molecule is Oc1ccc([C@@H]2[C@H](CCC(O)c3ccc(F)cc3)SCN2c2ccccc2)c(O)c1. The van der Waals surface area contributed by atoms with Gasteiger partial charge in [0.1, 0.15) is 17.3 Å². The molecule has 0 radical (unpaired) electrons. The van der Waals surface area contributed by atoms with Gasteiger partial charge in [-0.15, -0.1) is 11.8 Å². The summed E-state index contributed by atoms with van der Waals surface area (Å²) in [5, 5.41) is 31.0. The number of para-hydroxylation sites is 1. The Kier molecular flexibility index (Phi) is 6.16. The van der Waals surface area contributed by atoms with Gasteiger partial charge in [-0.1, -0.05) is 30.3 Å². The van der Waals surface area contributed by atoms with Gasteiger partial charge in [0.15, 0.2) is 0 Å². The zero-order valence-corrected chi connectivity index (χ0v) is 17.2. The smallest absolute Gasteiger partial charge is 0.124 e. The van der Waals surface area contributed by atoms with Crippen molar-refractivity contribution in [2.24, 2.45) is 0 Å². The Morgan fingerprint density at radius 1 is 1.00 bits per heavy atom. The third kappa shape index (κ3) is 4.40. The van der Waals surface area contributed by atoms with Gasteiger partial charge in [0.25, 0.3) is 0 Å². The number of phenols is 2. The Hall–Kier alpha value is -2.70. The van der Waals surface area contributed by atoms with Gasteiger partial charge in [-0.2, -0.15) is 0 Å². The first kappa shape index (κ1) is 20.6. The highest BCUT2D eigenvalue weighted by molar-refractivity contribution is 8.00. The second kappa shape index (κ2) is 8.98. The first-order chi connectivity index (χ1) is 14.5. The van der Waals surface area contributed by atoms with E-state index in [1.165, 1.54) is 18.2 Å². The van der Waals surface area contributed by atoms with Crippen LogP contribution < -0.4 is 4.90 Å². The summed E-state index contributed by atoms with van der Waals surface area (Å²) >= 11 is 1.78. The lowest BCUT2D eigenvalue weighted by Gasteiger charge is -2.30. The molecule has 0 bridgehead atoms. The average molecular weight is 426 g/mol. The summed E-state index contributed by atoms with van der Waals surface area (Å²) in [5.74, 6) is 0.523. The molecule has 156 valence electrons. The summed E-state index contributed by atoms with van der Waals surface area (Å²) in [5.41, 5.74) is 2.51. The molecule has 4 rings (SSSR count). The summed E-state index contributed by atoms with van der Waals surface area (Å²) in [6, 6.07) is 20.6. The molecule has 1 aliphatic rings. The fourth-order valence-electron chi connectivity index (χ4n) is 3.97. The van der Waals surface area contributed by atoms with Crippen LogP contribution in [0.2, 0.25) is 0 Å². The lowest BCUT2D eigenvalue weighted by molar-refractivity contribution is 0.163. The number of phenolic OH excluding ortho intramolecular Hbond substituents is 2. The molecule has 1 unspecified atom stereocenters. The Morgan fingerprint density at radius 3 is 2.43 bits per heavy atom. The van der Waals surface area contributed by atoms with E-state index in [2.05, 4.69) is 4.90 Å². The first-order valence-corrected chi connectivity index (χ1v) is 11.0. The molecule has 3 atom stereocenters. The average Bonchev–Trinajstić information content (AvgIpc) is 3.17. The van der Waals surface area contributed by atoms with Crippen LogP contribution in [0.3, 0.4) is 0 Å². The van der Waals surface area contributed by atoms with E-state index in [0.29, 0.717) is 12.0 Å². The zero-order chi connectivity index (χ0) is 21.1. The molecule has 4 nitrogen and oxygen atoms in total. The van der Waals surface area contributed by atoms with Gasteiger partial charge in [-0.05, 0) is 54.8 Å². The molecule has 30 heavy (non-hydrogen) atoms. The quantitative estimate of drug-likeness (QED) is 0.495. The lowest BCUT2D eigenvalue weighted by Crippen LogP contribution is -2.27. The van der Waals surface area contributed by atoms with Gasteiger partial charge in [-0.3, -0.25) is 0 Å². The number of aliphatic hydroxyl groups is 1. The first-order valence-electron chi connectivity index (χ1n) is 9.91. The molecule has 3 aromatic carbocycles. The molecule has 0 saturated carbocycles. The fraction of sp³-hybridized carbons (Fsp3) is 0.250. The summed E-state index contributed by atoms with van der Waals surface area (Å²) in [7, 11) is 0. The molecular formula is C24H24FNO3S. The predicted molar refractivity (Wildman–Crippen MR) is 118 cm³/mol. The van der Waals surface area contributed by atoms with Crippen molar-refractivity contribution in [1.82, 2.24) is 0 Å². The summed E-state index contributed by atoms with van der Waals surface area (Å²) < 4.78 is 13.2. The Morgan fingerprint density at radius 2 is 1.73 bits per heavy atom. The van der Waals surface area contributed by atoms with Gasteiger partial charge in [0, 0.05) is 22.6 Å². The van der Waals surface area contributed by atoms with E-state index in [1.54, 1.807) is 36.0 Å². The van der Waals surface area contributed by atoms with E-state index < -0.39 is 6.10 Å². The predicted octanol–water partition coefficient (Wildman–Crippen LogP) is 5.37. The van der Waals surface area contributed by atoms with Crippen LogP contribution in [-0.4, -0.2) is 26.4 Å². The fourth-order valence-corrected chi connectivity index (χ4v) is 5.41. The van der Waals surface area contributed by atoms with Crippen LogP contribution in [0.4, 0.5) is 10.1 Å². The third-order valence-electron chi connectivity index (χ3n) is 5.52. The van der Waals surface area contributed by atoms with Crippen molar-refractivity contribution in [1.29, 1.82) is 0 Å². The minimum atomic E-state index is -0.675. The number of rotatable bonds is 6. The van der Waals surface area contributed by atoms with Gasteiger partial charge >= 0.3 is 0 Å². The van der Waals surface area contributed by atoms with E-state index in [1.807, 2.05) is 30.3 Å². The summed E-state index contributed by atoms with van der Waals surface area (Å²) in [6.07, 6.45) is 0.574. The molecule has 6 heteroatoms. The number of halogens is 1. The van der Waals surface area contributed by atoms with Crippen LogP contribution in [0.1, 0.15) is 36.1 Å². The minimum Gasteiger partial charge on any atom is -0.508 e. The van der Waals surface area contributed by atoms with Crippen LogP contribution in [0, 0.1) is 5.82 Å². The van der Waals surface area contributed by atoms with Crippen molar-refractivity contribution in [3.05, 3.63) is 89.7 Å². The van der Waals surface area contributed by atoms with E-state index in [-0.39, 0.29) is 28.6 Å². The van der Waals surface area contributed by atoms with Crippen LogP contribution in [-0.2, 0) is 0 Å². The van der Waals surface area contributed by atoms with E-state index in [9.17, 15) is 19.7 Å². The van der Waals surface area contributed by atoms with Crippen LogP contribution in [0.15, 0.2) is 72.8 Å². The topological polar surface area (TPSA) is 63.9 Å². The molecule has 1 fully saturated rings. The summed E-state index contributed by atoms with van der Waals surface area (Å²) in [6.45, 7) is 0. The molecule has 1 saturated heterocycles. The maximum Gasteiger partial charge on any atom is 0.124 e. The molecule has 0 amide bonds. The third-order valence-corrected chi connectivity index (χ3v) is 6.86. The van der Waals surface area contributed by atoms with Crippen LogP contribution in [0.5, 0.6) is 11.5 Å².